The summed E-state index contributed by atoms with van der Waals surface area (Å²) in [6.07, 6.45) is 2.49. The third kappa shape index (κ3) is 4.44. The van der Waals surface area contributed by atoms with Crippen LogP contribution in [0.4, 0.5) is 0 Å². The first-order valence-corrected chi connectivity index (χ1v) is 5.92. The largest absolute Gasteiger partial charge is 0.502 e. The Kier molecular flexibility index (Phi) is 5.36. The predicted molar refractivity (Wildman–Crippen MR) is 64.1 cm³/mol. The van der Waals surface area contributed by atoms with Crippen molar-refractivity contribution in [3.63, 3.8) is 0 Å². The first-order valence-electron chi connectivity index (χ1n) is 5.10. The second kappa shape index (κ2) is 6.58. The van der Waals surface area contributed by atoms with E-state index in [1.54, 1.807) is 11.3 Å². The molecule has 4 heteroatoms. The van der Waals surface area contributed by atoms with E-state index in [-0.39, 0.29) is 0 Å². The van der Waals surface area contributed by atoms with Crippen LogP contribution in [0.1, 0.15) is 22.0 Å². The molecule has 1 heterocycles. The molecule has 0 aliphatic heterocycles. The molecule has 0 unspecified atom stereocenters. The van der Waals surface area contributed by atoms with Crippen LogP contribution in [-0.4, -0.2) is 18.1 Å². The van der Waals surface area contributed by atoms with E-state index in [1.165, 1.54) is 11.1 Å². The molecule has 1 rings (SSSR count). The zero-order chi connectivity index (χ0) is 11.1. The van der Waals surface area contributed by atoms with Gasteiger partial charge in [0, 0.05) is 11.4 Å². The first kappa shape index (κ1) is 12.2. The average Bonchev–Trinajstić information content (AvgIpc) is 2.51. The van der Waals surface area contributed by atoms with Crippen molar-refractivity contribution in [3.05, 3.63) is 28.4 Å². The van der Waals surface area contributed by atoms with Crippen LogP contribution in [0, 0.1) is 13.8 Å². The van der Waals surface area contributed by atoms with Crippen molar-refractivity contribution in [2.24, 2.45) is 0 Å². The maximum Gasteiger partial charge on any atom is 0.0900 e. The van der Waals surface area contributed by atoms with E-state index < -0.39 is 0 Å². The first-order chi connectivity index (χ1) is 7.24. The quantitative estimate of drug-likeness (QED) is 0.572. The van der Waals surface area contributed by atoms with Gasteiger partial charge in [-0.05, 0) is 26.8 Å². The lowest BCUT2D eigenvalue weighted by Crippen LogP contribution is -2.15. The van der Waals surface area contributed by atoms with Crippen molar-refractivity contribution in [2.75, 3.05) is 13.2 Å². The molecule has 0 spiro atoms. The fourth-order valence-corrected chi connectivity index (χ4v) is 2.21. The fourth-order valence-electron chi connectivity index (χ4n) is 1.30. The molecule has 84 valence electrons. The van der Waals surface area contributed by atoms with Crippen LogP contribution in [0.2, 0.25) is 0 Å². The third-order valence-electron chi connectivity index (χ3n) is 2.02. The molecule has 0 saturated carbocycles. The minimum absolute atomic E-state index is 0.733. The molecule has 0 saturated heterocycles. The van der Waals surface area contributed by atoms with Gasteiger partial charge in [-0.3, -0.25) is 0 Å². The number of nitrogens with zero attached hydrogens (tertiary/aromatic N) is 1. The van der Waals surface area contributed by atoms with Crippen LogP contribution in [0.5, 0.6) is 0 Å². The lowest BCUT2D eigenvalue weighted by Gasteiger charge is -2.03. The van der Waals surface area contributed by atoms with Crippen molar-refractivity contribution < 1.29 is 4.74 Å². The SMILES string of the molecule is C=COCCCNCc1sc(C)nc1C. The van der Waals surface area contributed by atoms with Crippen LogP contribution < -0.4 is 5.32 Å². The van der Waals surface area contributed by atoms with Gasteiger partial charge in [-0.1, -0.05) is 6.58 Å². The Morgan fingerprint density at radius 2 is 2.33 bits per heavy atom. The highest BCUT2D eigenvalue weighted by Gasteiger charge is 2.03. The maximum atomic E-state index is 5.03. The highest BCUT2D eigenvalue weighted by atomic mass is 32.1. The Balaban J connectivity index is 2.14. The summed E-state index contributed by atoms with van der Waals surface area (Å²) in [7, 11) is 0. The maximum absolute atomic E-state index is 5.03. The summed E-state index contributed by atoms with van der Waals surface area (Å²) >= 11 is 1.76. The molecule has 0 aliphatic carbocycles. The second-order valence-corrected chi connectivity index (χ2v) is 4.60. The normalized spacial score (nSPS) is 10.3. The minimum Gasteiger partial charge on any atom is -0.502 e. The number of rotatable bonds is 7. The zero-order valence-corrected chi connectivity index (χ0v) is 10.2. The minimum atomic E-state index is 0.733. The number of aryl methyl sites for hydroxylation is 2. The standard InChI is InChI=1S/C11H18N2OS/c1-4-14-7-5-6-12-8-11-9(2)13-10(3)15-11/h4,12H,1,5-8H2,2-3H3. The second-order valence-electron chi connectivity index (χ2n) is 3.31. The van der Waals surface area contributed by atoms with Crippen molar-refractivity contribution in [1.29, 1.82) is 0 Å². The third-order valence-corrected chi connectivity index (χ3v) is 3.09. The highest BCUT2D eigenvalue weighted by molar-refractivity contribution is 7.11. The summed E-state index contributed by atoms with van der Waals surface area (Å²) < 4.78 is 5.03. The number of ether oxygens (including phenoxy) is 1. The molecule has 0 amide bonds. The lowest BCUT2D eigenvalue weighted by molar-refractivity contribution is 0.244. The molecular weight excluding hydrogens is 208 g/mol. The van der Waals surface area contributed by atoms with E-state index >= 15 is 0 Å². The van der Waals surface area contributed by atoms with Crippen LogP contribution >= 0.6 is 11.3 Å². The van der Waals surface area contributed by atoms with Gasteiger partial charge < -0.3 is 10.1 Å². The topological polar surface area (TPSA) is 34.1 Å². The number of hydrogen-bond acceptors (Lipinski definition) is 4. The Morgan fingerprint density at radius 1 is 1.53 bits per heavy atom. The predicted octanol–water partition coefficient (Wildman–Crippen LogP) is 2.40. The lowest BCUT2D eigenvalue weighted by atomic mass is 10.4. The van der Waals surface area contributed by atoms with E-state index in [0.29, 0.717) is 0 Å². The van der Waals surface area contributed by atoms with Gasteiger partial charge in [0.25, 0.3) is 0 Å². The summed E-state index contributed by atoms with van der Waals surface area (Å²) in [5.74, 6) is 0. The van der Waals surface area contributed by atoms with E-state index in [4.69, 9.17) is 4.74 Å². The van der Waals surface area contributed by atoms with Crippen molar-refractivity contribution >= 4 is 11.3 Å². The molecular formula is C11H18N2OS. The van der Waals surface area contributed by atoms with E-state index in [0.717, 1.165) is 36.8 Å². The Morgan fingerprint density at radius 3 is 2.93 bits per heavy atom. The molecule has 1 N–H and O–H groups in total. The van der Waals surface area contributed by atoms with Crippen LogP contribution in [0.3, 0.4) is 0 Å². The van der Waals surface area contributed by atoms with Crippen LogP contribution in [0.15, 0.2) is 12.8 Å². The fraction of sp³-hybridized carbons (Fsp3) is 0.545. The summed E-state index contributed by atoms with van der Waals surface area (Å²) in [6.45, 7) is 10.2. The Labute approximate surface area is 95.2 Å². The van der Waals surface area contributed by atoms with Gasteiger partial charge in [-0.25, -0.2) is 4.98 Å². The van der Waals surface area contributed by atoms with Crippen molar-refractivity contribution in [3.8, 4) is 0 Å². The number of nitrogens with one attached hydrogen (secondary N) is 1. The van der Waals surface area contributed by atoms with Crippen molar-refractivity contribution in [1.82, 2.24) is 10.3 Å². The van der Waals surface area contributed by atoms with Gasteiger partial charge >= 0.3 is 0 Å². The number of thiazole rings is 1. The highest BCUT2D eigenvalue weighted by Crippen LogP contribution is 2.16. The molecule has 0 bridgehead atoms. The van der Waals surface area contributed by atoms with Gasteiger partial charge in [0.05, 0.1) is 23.6 Å². The van der Waals surface area contributed by atoms with Gasteiger partial charge in [0.2, 0.25) is 0 Å². The molecule has 0 aromatic carbocycles. The molecule has 3 nitrogen and oxygen atoms in total. The molecule has 15 heavy (non-hydrogen) atoms. The monoisotopic (exact) mass is 226 g/mol. The van der Waals surface area contributed by atoms with Crippen LogP contribution in [-0.2, 0) is 11.3 Å². The van der Waals surface area contributed by atoms with E-state index in [9.17, 15) is 0 Å². The molecule has 1 aromatic heterocycles. The van der Waals surface area contributed by atoms with Gasteiger partial charge in [-0.2, -0.15) is 0 Å². The van der Waals surface area contributed by atoms with Gasteiger partial charge in [0.15, 0.2) is 0 Å². The molecule has 0 aliphatic rings. The smallest absolute Gasteiger partial charge is 0.0900 e. The number of aromatic nitrogens is 1. The van der Waals surface area contributed by atoms with Gasteiger partial charge in [0.1, 0.15) is 0 Å². The van der Waals surface area contributed by atoms with Crippen LogP contribution in [0.25, 0.3) is 0 Å². The zero-order valence-electron chi connectivity index (χ0n) is 9.38. The summed E-state index contributed by atoms with van der Waals surface area (Å²) in [5.41, 5.74) is 1.15. The summed E-state index contributed by atoms with van der Waals surface area (Å²) in [4.78, 5) is 5.71. The number of hydrogen-bond donors (Lipinski definition) is 1. The summed E-state index contributed by atoms with van der Waals surface area (Å²) in [6, 6.07) is 0. The summed E-state index contributed by atoms with van der Waals surface area (Å²) in [5, 5.41) is 4.51. The van der Waals surface area contributed by atoms with E-state index in [2.05, 4.69) is 23.8 Å². The van der Waals surface area contributed by atoms with Crippen molar-refractivity contribution in [2.45, 2.75) is 26.8 Å². The average molecular weight is 226 g/mol. The molecule has 0 fully saturated rings. The Bertz CT molecular complexity index is 310. The molecule has 0 radical (unpaired) electrons. The van der Waals surface area contributed by atoms with Gasteiger partial charge in [-0.15, -0.1) is 11.3 Å². The molecule has 1 aromatic rings. The Hall–Kier alpha value is -0.870. The molecule has 0 atom stereocenters. The van der Waals surface area contributed by atoms with E-state index in [1.807, 2.05) is 6.92 Å².